The van der Waals surface area contributed by atoms with E-state index in [1.165, 1.54) is 127 Å². The maximum atomic E-state index is 2.52. The second-order valence-electron chi connectivity index (χ2n) is 21.5. The molecule has 0 fully saturated rings. The third-order valence-electron chi connectivity index (χ3n) is 17.8. The molecule has 1 unspecified atom stereocenters. The summed E-state index contributed by atoms with van der Waals surface area (Å²) in [6.07, 6.45) is 0. The van der Waals surface area contributed by atoms with E-state index < -0.39 is 10.8 Å². The van der Waals surface area contributed by atoms with Gasteiger partial charge in [-0.15, -0.1) is 0 Å². The van der Waals surface area contributed by atoms with Gasteiger partial charge in [0.1, 0.15) is 0 Å². The first-order valence-electron chi connectivity index (χ1n) is 27.2. The molecule has 0 saturated heterocycles. The van der Waals surface area contributed by atoms with Crippen molar-refractivity contribution in [3.63, 3.8) is 0 Å². The number of hydrogen-bond acceptors (Lipinski definition) is 1. The third-order valence-corrected chi connectivity index (χ3v) is 17.8. The second-order valence-corrected chi connectivity index (χ2v) is 21.5. The molecule has 1 aliphatic heterocycles. The maximum Gasteiger partial charge on any atom is 0.0754 e. The molecular formula is C76H48N2. The normalized spacial score (nSPS) is 15.1. The minimum atomic E-state index is -0.525. The summed E-state index contributed by atoms with van der Waals surface area (Å²) in [6.45, 7) is 0. The van der Waals surface area contributed by atoms with Crippen LogP contribution in [0.4, 0.5) is 17.1 Å². The van der Waals surface area contributed by atoms with E-state index in [-0.39, 0.29) is 0 Å². The number of fused-ring (bicyclic) bond motifs is 17. The summed E-state index contributed by atoms with van der Waals surface area (Å²) < 4.78 is 2.52. The standard InChI is InChI=1S/C76H48N2/c1-3-21-54(22-4-1)75(55-23-5-2-6-24-55)65-30-12-9-26-59(65)62-44-42-57(48-70(62)75)77(71-36-17-20-49-19-7-8-25-58(49)71)56-41-39-51-45-50(37-38-52(51)46-56)53-40-43-61-60-27-10-13-31-66(60)76(69(61)47-53)67-32-14-16-35-73(67)78-72-34-15-11-28-63(72)64-29-18-33-68(76)74(64)78/h1-48H. The van der Waals surface area contributed by atoms with Gasteiger partial charge in [0.2, 0.25) is 0 Å². The number of anilines is 3. The molecule has 1 atom stereocenters. The van der Waals surface area contributed by atoms with Crippen molar-refractivity contribution < 1.29 is 0 Å². The minimum absolute atomic E-state index is 0.512. The Morgan fingerprint density at radius 2 is 0.795 bits per heavy atom. The summed E-state index contributed by atoms with van der Waals surface area (Å²) >= 11 is 0. The van der Waals surface area contributed by atoms with Crippen molar-refractivity contribution in [1.29, 1.82) is 0 Å². The zero-order chi connectivity index (χ0) is 51.1. The molecular weight excluding hydrogens is 941 g/mol. The van der Waals surface area contributed by atoms with Gasteiger partial charge in [0.15, 0.2) is 0 Å². The molecule has 0 saturated carbocycles. The lowest BCUT2D eigenvalue weighted by atomic mass is 9.65. The van der Waals surface area contributed by atoms with Crippen LogP contribution in [0.3, 0.4) is 0 Å². The first-order chi connectivity index (χ1) is 38.7. The van der Waals surface area contributed by atoms with Gasteiger partial charge in [0, 0.05) is 27.5 Å². The van der Waals surface area contributed by atoms with E-state index in [0.717, 1.165) is 17.1 Å². The number of nitrogens with zero attached hydrogens (tertiary/aromatic N) is 2. The number of hydrogen-bond donors (Lipinski definition) is 0. The van der Waals surface area contributed by atoms with E-state index in [1.807, 2.05) is 0 Å². The molecule has 17 rings (SSSR count). The zero-order valence-electron chi connectivity index (χ0n) is 42.6. The van der Waals surface area contributed by atoms with Crippen molar-refractivity contribution in [2.75, 3.05) is 4.90 Å². The summed E-state index contributed by atoms with van der Waals surface area (Å²) in [5, 5.41) is 7.36. The Bertz CT molecular complexity index is 4770. The summed E-state index contributed by atoms with van der Waals surface area (Å²) in [5.41, 5.74) is 24.1. The average molecular weight is 989 g/mol. The molecule has 0 bridgehead atoms. The molecule has 3 aliphatic rings. The van der Waals surface area contributed by atoms with Crippen molar-refractivity contribution >= 4 is 60.4 Å². The Morgan fingerprint density at radius 3 is 1.59 bits per heavy atom. The third kappa shape index (κ3) is 5.71. The first-order valence-corrected chi connectivity index (χ1v) is 27.2. The minimum Gasteiger partial charge on any atom is -0.310 e. The van der Waals surface area contributed by atoms with Crippen LogP contribution in [-0.2, 0) is 10.8 Å². The number of aromatic nitrogens is 1. The van der Waals surface area contributed by atoms with Crippen LogP contribution in [0.5, 0.6) is 0 Å². The lowest BCUT2D eigenvalue weighted by Gasteiger charge is -2.39. The monoisotopic (exact) mass is 988 g/mol. The molecule has 0 N–H and O–H groups in total. The van der Waals surface area contributed by atoms with Gasteiger partial charge in [0.25, 0.3) is 0 Å². The highest BCUT2D eigenvalue weighted by atomic mass is 15.1. The SMILES string of the molecule is c1ccc(C2(c3ccccc3)c3ccccc3-c3ccc(N(c4ccc5cc(-c6ccc7c(c6)C6(c8ccccc8-7)c7ccccc7-n7c8ccccc8c8cccc6c87)ccc5c4)c4cccc5ccccc45)cc32)cc1. The van der Waals surface area contributed by atoms with Gasteiger partial charge in [-0.3, -0.25) is 0 Å². The largest absolute Gasteiger partial charge is 0.310 e. The fourth-order valence-corrected chi connectivity index (χ4v) is 14.7. The number of rotatable bonds is 6. The van der Waals surface area contributed by atoms with E-state index in [9.17, 15) is 0 Å². The Kier molecular flexibility index (Phi) is 9.01. The van der Waals surface area contributed by atoms with E-state index in [4.69, 9.17) is 0 Å². The molecule has 2 nitrogen and oxygen atoms in total. The van der Waals surface area contributed by atoms with Crippen molar-refractivity contribution in [3.8, 4) is 39.1 Å². The van der Waals surface area contributed by atoms with Gasteiger partial charge in [0.05, 0.1) is 33.2 Å². The molecule has 2 heteroatoms. The van der Waals surface area contributed by atoms with Crippen LogP contribution >= 0.6 is 0 Å². The molecule has 362 valence electrons. The summed E-state index contributed by atoms with van der Waals surface area (Å²) in [4.78, 5) is 2.49. The van der Waals surface area contributed by atoms with Crippen LogP contribution in [0.1, 0.15) is 44.5 Å². The van der Waals surface area contributed by atoms with E-state index >= 15 is 0 Å². The van der Waals surface area contributed by atoms with E-state index in [2.05, 4.69) is 301 Å². The first kappa shape index (κ1) is 43.2. The molecule has 14 aromatic rings. The van der Waals surface area contributed by atoms with Crippen molar-refractivity contribution in [1.82, 2.24) is 4.57 Å². The molecule has 2 aliphatic carbocycles. The molecule has 78 heavy (non-hydrogen) atoms. The van der Waals surface area contributed by atoms with Crippen molar-refractivity contribution in [3.05, 3.63) is 336 Å². The molecule has 1 aromatic heterocycles. The van der Waals surface area contributed by atoms with E-state index in [0.29, 0.717) is 0 Å². The van der Waals surface area contributed by atoms with Crippen LogP contribution in [0.15, 0.2) is 291 Å². The van der Waals surface area contributed by atoms with Crippen molar-refractivity contribution in [2.24, 2.45) is 0 Å². The van der Waals surface area contributed by atoms with E-state index in [1.54, 1.807) is 0 Å². The van der Waals surface area contributed by atoms with Gasteiger partial charge < -0.3 is 9.47 Å². The molecule has 1 spiro atoms. The van der Waals surface area contributed by atoms with Crippen LogP contribution in [0, 0.1) is 0 Å². The summed E-state index contributed by atoms with van der Waals surface area (Å²) in [6, 6.07) is 109. The van der Waals surface area contributed by atoms with Crippen LogP contribution in [0.25, 0.3) is 82.4 Å². The smallest absolute Gasteiger partial charge is 0.0754 e. The van der Waals surface area contributed by atoms with Crippen LogP contribution in [0.2, 0.25) is 0 Å². The second kappa shape index (κ2) is 16.2. The summed E-state index contributed by atoms with van der Waals surface area (Å²) in [7, 11) is 0. The highest BCUT2D eigenvalue weighted by Crippen LogP contribution is 2.62. The predicted molar refractivity (Wildman–Crippen MR) is 324 cm³/mol. The van der Waals surface area contributed by atoms with Gasteiger partial charge >= 0.3 is 0 Å². The molecule has 2 heterocycles. The Balaban J connectivity index is 0.837. The quantitative estimate of drug-likeness (QED) is 0.161. The number of benzene rings is 13. The van der Waals surface area contributed by atoms with Crippen molar-refractivity contribution in [2.45, 2.75) is 10.8 Å². The fourth-order valence-electron chi connectivity index (χ4n) is 14.7. The average Bonchev–Trinajstić information content (AvgIpc) is 4.00. The number of para-hydroxylation sites is 3. The highest BCUT2D eigenvalue weighted by molar-refractivity contribution is 6.13. The molecule has 0 amide bonds. The fraction of sp³-hybridized carbons (Fsp3) is 0.0263. The topological polar surface area (TPSA) is 8.17 Å². The predicted octanol–water partition coefficient (Wildman–Crippen LogP) is 19.3. The maximum absolute atomic E-state index is 2.52. The Hall–Kier alpha value is -10.0. The Morgan fingerprint density at radius 1 is 0.282 bits per heavy atom. The lowest BCUT2D eigenvalue weighted by Crippen LogP contribution is -2.33. The van der Waals surface area contributed by atoms with Crippen LogP contribution < -0.4 is 4.90 Å². The molecule has 0 radical (unpaired) electrons. The zero-order valence-corrected chi connectivity index (χ0v) is 42.6. The van der Waals surface area contributed by atoms with Gasteiger partial charge in [-0.05, 0) is 149 Å². The molecule has 13 aromatic carbocycles. The van der Waals surface area contributed by atoms with Gasteiger partial charge in [-0.2, -0.15) is 0 Å². The highest BCUT2D eigenvalue weighted by Gasteiger charge is 2.51. The van der Waals surface area contributed by atoms with Gasteiger partial charge in [-0.1, -0.05) is 237 Å². The summed E-state index contributed by atoms with van der Waals surface area (Å²) in [5.74, 6) is 0. The van der Waals surface area contributed by atoms with Gasteiger partial charge in [-0.25, -0.2) is 0 Å². The Labute approximate surface area is 453 Å². The van der Waals surface area contributed by atoms with Crippen LogP contribution in [-0.4, -0.2) is 4.57 Å². The lowest BCUT2D eigenvalue weighted by molar-refractivity contribution is 0.749.